The molecule has 5 N–H and O–H groups in total. The number of nitrogens with one attached hydrogen (secondary N) is 3. The zero-order valence-electron chi connectivity index (χ0n) is 12.8. The molecule has 0 aliphatic carbocycles. The molecule has 0 unspecified atom stereocenters. The highest BCUT2D eigenvalue weighted by atomic mass is 19.4. The van der Waals surface area contributed by atoms with Gasteiger partial charge in [0.15, 0.2) is 0 Å². The van der Waals surface area contributed by atoms with Crippen molar-refractivity contribution in [1.29, 1.82) is 0 Å². The van der Waals surface area contributed by atoms with Crippen LogP contribution in [0.25, 0.3) is 0 Å². The van der Waals surface area contributed by atoms with Crippen molar-refractivity contribution in [3.8, 4) is 0 Å². The first-order valence-electron chi connectivity index (χ1n) is 7.03. The predicted octanol–water partition coefficient (Wildman–Crippen LogP) is 0.988. The molecular formula is C13H17F3N6O2. The molecule has 0 saturated carbocycles. The van der Waals surface area contributed by atoms with Gasteiger partial charge in [-0.2, -0.15) is 23.4 Å². The highest BCUT2D eigenvalue weighted by Gasteiger charge is 2.37. The molecule has 0 amide bonds. The molecule has 2 heterocycles. The van der Waals surface area contributed by atoms with Crippen LogP contribution in [0, 0.1) is 0 Å². The minimum Gasteiger partial charge on any atom is -0.378 e. The summed E-state index contributed by atoms with van der Waals surface area (Å²) in [6.07, 6.45) is -3.86. The van der Waals surface area contributed by atoms with Gasteiger partial charge in [-0.1, -0.05) is 0 Å². The van der Waals surface area contributed by atoms with Gasteiger partial charge >= 0.3 is 6.18 Å². The highest BCUT2D eigenvalue weighted by Crippen LogP contribution is 2.31. The quantitative estimate of drug-likeness (QED) is 0.593. The topological polar surface area (TPSA) is 122 Å². The lowest BCUT2D eigenvalue weighted by atomic mass is 10.2. The van der Waals surface area contributed by atoms with E-state index in [4.69, 9.17) is 10.5 Å². The summed E-state index contributed by atoms with van der Waals surface area (Å²) in [5.74, 6) is 0. The fourth-order valence-corrected chi connectivity index (χ4v) is 2.03. The van der Waals surface area contributed by atoms with Gasteiger partial charge in [0.1, 0.15) is 5.56 Å². The summed E-state index contributed by atoms with van der Waals surface area (Å²) in [5, 5.41) is 14.4. The van der Waals surface area contributed by atoms with Crippen LogP contribution in [0.1, 0.15) is 23.9 Å². The SMILES string of the molecule is C[C@@H](COCc1cc(CN)n[nH]1)Nc1cn[nH]c(=O)c1C(F)(F)F. The summed E-state index contributed by atoms with van der Waals surface area (Å²) in [6, 6.07) is 1.26. The molecule has 132 valence electrons. The molecule has 0 spiro atoms. The second-order valence-electron chi connectivity index (χ2n) is 5.13. The van der Waals surface area contributed by atoms with Crippen molar-refractivity contribution in [2.45, 2.75) is 32.3 Å². The normalized spacial score (nSPS) is 13.0. The fourth-order valence-electron chi connectivity index (χ4n) is 2.03. The van der Waals surface area contributed by atoms with Crippen LogP contribution in [0.2, 0.25) is 0 Å². The Morgan fingerprint density at radius 3 is 2.79 bits per heavy atom. The Hall–Kier alpha value is -2.40. The van der Waals surface area contributed by atoms with Crippen molar-refractivity contribution in [2.75, 3.05) is 11.9 Å². The van der Waals surface area contributed by atoms with Crippen molar-refractivity contribution < 1.29 is 17.9 Å². The number of hydrogen-bond acceptors (Lipinski definition) is 6. The van der Waals surface area contributed by atoms with E-state index in [0.29, 0.717) is 17.9 Å². The minimum atomic E-state index is -4.78. The van der Waals surface area contributed by atoms with E-state index in [1.54, 1.807) is 18.1 Å². The van der Waals surface area contributed by atoms with E-state index in [9.17, 15) is 18.0 Å². The lowest BCUT2D eigenvalue weighted by Crippen LogP contribution is -2.29. The van der Waals surface area contributed by atoms with E-state index >= 15 is 0 Å². The lowest BCUT2D eigenvalue weighted by Gasteiger charge is -2.18. The average Bonchev–Trinajstić information content (AvgIpc) is 2.94. The minimum absolute atomic E-state index is 0.112. The monoisotopic (exact) mass is 346 g/mol. The summed E-state index contributed by atoms with van der Waals surface area (Å²) in [6.45, 7) is 2.24. The highest BCUT2D eigenvalue weighted by molar-refractivity contribution is 5.50. The molecule has 11 heteroatoms. The zero-order chi connectivity index (χ0) is 17.7. The first kappa shape index (κ1) is 17.9. The molecule has 0 radical (unpaired) electrons. The van der Waals surface area contributed by atoms with Crippen LogP contribution in [0.15, 0.2) is 17.1 Å². The van der Waals surface area contributed by atoms with Crippen molar-refractivity contribution in [1.82, 2.24) is 20.4 Å². The summed E-state index contributed by atoms with van der Waals surface area (Å²) >= 11 is 0. The maximum Gasteiger partial charge on any atom is 0.423 e. The lowest BCUT2D eigenvalue weighted by molar-refractivity contribution is -0.138. The number of H-pyrrole nitrogens is 2. The number of halogens is 3. The number of ether oxygens (including phenoxy) is 1. The molecule has 1 atom stereocenters. The van der Waals surface area contributed by atoms with Gasteiger partial charge in [0.05, 0.1) is 36.5 Å². The summed E-state index contributed by atoms with van der Waals surface area (Å²) in [5.41, 5.74) is 3.81. The first-order chi connectivity index (χ1) is 11.3. The van der Waals surface area contributed by atoms with Crippen LogP contribution in [0.4, 0.5) is 18.9 Å². The number of aromatic nitrogens is 4. The average molecular weight is 346 g/mol. The van der Waals surface area contributed by atoms with E-state index < -0.39 is 29.0 Å². The van der Waals surface area contributed by atoms with Gasteiger partial charge in [-0.15, -0.1) is 0 Å². The molecule has 2 rings (SSSR count). The summed E-state index contributed by atoms with van der Waals surface area (Å²) in [4.78, 5) is 11.4. The molecule has 8 nitrogen and oxygen atoms in total. The van der Waals surface area contributed by atoms with Crippen molar-refractivity contribution in [3.63, 3.8) is 0 Å². The van der Waals surface area contributed by atoms with E-state index in [2.05, 4.69) is 20.6 Å². The van der Waals surface area contributed by atoms with Gasteiger partial charge in [0.2, 0.25) is 0 Å². The second kappa shape index (κ2) is 7.45. The zero-order valence-corrected chi connectivity index (χ0v) is 12.8. The third-order valence-corrected chi connectivity index (χ3v) is 3.06. The van der Waals surface area contributed by atoms with Crippen molar-refractivity contribution >= 4 is 5.69 Å². The number of rotatable bonds is 7. The standard InChI is InChI=1S/C13H17F3N6O2/c1-7(5-24-6-9-2-8(3-17)20-21-9)19-10-4-18-22-12(23)11(10)13(14,15)16/h2,4,7H,3,5-6,17H2,1H3,(H,20,21)(H2,19,22,23)/t7-/m0/s1. The smallest absolute Gasteiger partial charge is 0.378 e. The van der Waals surface area contributed by atoms with Crippen LogP contribution in [-0.4, -0.2) is 33.0 Å². The van der Waals surface area contributed by atoms with E-state index in [0.717, 1.165) is 6.20 Å². The third-order valence-electron chi connectivity index (χ3n) is 3.06. The van der Waals surface area contributed by atoms with Gasteiger partial charge in [-0.25, -0.2) is 5.10 Å². The number of alkyl halides is 3. The Balaban J connectivity index is 1.94. The first-order valence-corrected chi connectivity index (χ1v) is 7.03. The second-order valence-corrected chi connectivity index (χ2v) is 5.13. The number of nitrogens with two attached hydrogens (primary N) is 1. The third kappa shape index (κ3) is 4.55. The molecule has 2 aromatic rings. The Morgan fingerprint density at radius 1 is 1.42 bits per heavy atom. The van der Waals surface area contributed by atoms with E-state index in [1.165, 1.54) is 0 Å². The van der Waals surface area contributed by atoms with Gasteiger partial charge < -0.3 is 15.8 Å². The van der Waals surface area contributed by atoms with Crippen LogP contribution in [0.3, 0.4) is 0 Å². The van der Waals surface area contributed by atoms with Crippen LogP contribution >= 0.6 is 0 Å². The molecule has 0 aromatic carbocycles. The van der Waals surface area contributed by atoms with Gasteiger partial charge in [-0.05, 0) is 13.0 Å². The van der Waals surface area contributed by atoms with Crippen LogP contribution < -0.4 is 16.6 Å². The Bertz CT molecular complexity index is 727. The van der Waals surface area contributed by atoms with Gasteiger partial charge in [-0.3, -0.25) is 9.89 Å². The number of aromatic amines is 2. The van der Waals surface area contributed by atoms with Crippen molar-refractivity contribution in [3.05, 3.63) is 39.6 Å². The molecule has 24 heavy (non-hydrogen) atoms. The number of anilines is 1. The van der Waals surface area contributed by atoms with Gasteiger partial charge in [0, 0.05) is 12.6 Å². The maximum atomic E-state index is 12.9. The van der Waals surface area contributed by atoms with Crippen LogP contribution in [0.5, 0.6) is 0 Å². The summed E-state index contributed by atoms with van der Waals surface area (Å²) in [7, 11) is 0. The maximum absolute atomic E-state index is 12.9. The molecule has 0 bridgehead atoms. The van der Waals surface area contributed by atoms with Gasteiger partial charge in [0.25, 0.3) is 5.56 Å². The molecule has 0 aliphatic rings. The molecule has 0 fully saturated rings. The molecule has 0 saturated heterocycles. The van der Waals surface area contributed by atoms with E-state index in [1.807, 2.05) is 0 Å². The Morgan fingerprint density at radius 2 is 2.17 bits per heavy atom. The Kier molecular flexibility index (Phi) is 5.57. The van der Waals surface area contributed by atoms with E-state index in [-0.39, 0.29) is 13.2 Å². The van der Waals surface area contributed by atoms with Crippen LogP contribution in [-0.2, 0) is 24.1 Å². The number of hydrogen-bond donors (Lipinski definition) is 4. The molecule has 2 aromatic heterocycles. The fraction of sp³-hybridized carbons (Fsp3) is 0.462. The molecule has 0 aliphatic heterocycles. The molecular weight excluding hydrogens is 329 g/mol. The number of nitrogens with zero attached hydrogens (tertiary/aromatic N) is 2. The predicted molar refractivity (Wildman–Crippen MR) is 79.1 cm³/mol. The Labute approximate surface area is 134 Å². The van der Waals surface area contributed by atoms with Crippen molar-refractivity contribution in [2.24, 2.45) is 5.73 Å². The largest absolute Gasteiger partial charge is 0.423 e. The summed E-state index contributed by atoms with van der Waals surface area (Å²) < 4.78 is 44.2.